The first kappa shape index (κ1) is 21.6. The molecule has 2 N–H and O–H groups in total. The van der Waals surface area contributed by atoms with Gasteiger partial charge < -0.3 is 10.6 Å². The van der Waals surface area contributed by atoms with E-state index in [-0.39, 0.29) is 11.7 Å². The van der Waals surface area contributed by atoms with E-state index in [1.165, 1.54) is 23.7 Å². The summed E-state index contributed by atoms with van der Waals surface area (Å²) in [5.41, 5.74) is 11.1. The number of aromatic nitrogens is 2. The minimum atomic E-state index is -0.636. The van der Waals surface area contributed by atoms with Gasteiger partial charge in [-0.2, -0.15) is 0 Å². The van der Waals surface area contributed by atoms with Gasteiger partial charge in [-0.3, -0.25) is 9.59 Å². The molecular formula is C25H22N4O2S2. The van der Waals surface area contributed by atoms with E-state index in [0.717, 1.165) is 37.5 Å². The number of thioether (sulfide) groups is 1. The van der Waals surface area contributed by atoms with Crippen LogP contribution >= 0.6 is 23.1 Å². The zero-order valence-corrected chi connectivity index (χ0v) is 19.7. The lowest BCUT2D eigenvalue weighted by molar-refractivity contribution is -0.138. The Hall–Kier alpha value is -3.23. The highest BCUT2D eigenvalue weighted by Crippen LogP contribution is 2.38. The Morgan fingerprint density at radius 3 is 2.64 bits per heavy atom. The third-order valence-electron chi connectivity index (χ3n) is 5.93. The molecule has 0 radical (unpaired) electrons. The SMILES string of the molecule is Cc1ccc(-c2csc3ncnc(SCC(=O)N4Cc5ccccc5C[C@@H]4C(N)=O)c23)cc1. The van der Waals surface area contributed by atoms with Gasteiger partial charge >= 0.3 is 0 Å². The van der Waals surface area contributed by atoms with Gasteiger partial charge in [0.2, 0.25) is 11.8 Å². The Bertz CT molecular complexity index is 1350. The van der Waals surface area contributed by atoms with Gasteiger partial charge in [0.25, 0.3) is 0 Å². The normalized spacial score (nSPS) is 15.4. The molecule has 0 bridgehead atoms. The average Bonchev–Trinajstić information content (AvgIpc) is 3.27. The number of nitrogens with zero attached hydrogens (tertiary/aromatic N) is 3. The molecule has 0 spiro atoms. The largest absolute Gasteiger partial charge is 0.368 e. The van der Waals surface area contributed by atoms with Crippen LogP contribution in [0.15, 0.2) is 65.3 Å². The van der Waals surface area contributed by atoms with Crippen LogP contribution in [0.5, 0.6) is 0 Å². The van der Waals surface area contributed by atoms with Crippen molar-refractivity contribution in [2.75, 3.05) is 5.75 Å². The monoisotopic (exact) mass is 474 g/mol. The maximum Gasteiger partial charge on any atom is 0.240 e. The third-order valence-corrected chi connectivity index (χ3v) is 7.79. The van der Waals surface area contributed by atoms with E-state index >= 15 is 0 Å². The van der Waals surface area contributed by atoms with Crippen molar-refractivity contribution >= 4 is 45.1 Å². The number of amides is 2. The van der Waals surface area contributed by atoms with E-state index in [4.69, 9.17) is 5.73 Å². The number of carbonyl (C=O) groups is 2. The van der Waals surface area contributed by atoms with Gasteiger partial charge in [-0.1, -0.05) is 65.9 Å². The Morgan fingerprint density at radius 2 is 1.88 bits per heavy atom. The molecule has 1 aliphatic rings. The molecule has 4 aromatic rings. The molecular weight excluding hydrogens is 452 g/mol. The number of benzene rings is 2. The summed E-state index contributed by atoms with van der Waals surface area (Å²) in [6.07, 6.45) is 1.98. The molecule has 1 atom stereocenters. The topological polar surface area (TPSA) is 89.2 Å². The summed E-state index contributed by atoms with van der Waals surface area (Å²) in [6.45, 7) is 2.44. The number of hydrogen-bond acceptors (Lipinski definition) is 6. The van der Waals surface area contributed by atoms with Gasteiger partial charge in [-0.15, -0.1) is 11.3 Å². The highest BCUT2D eigenvalue weighted by molar-refractivity contribution is 8.00. The molecule has 0 fully saturated rings. The number of carbonyl (C=O) groups excluding carboxylic acids is 2. The minimum absolute atomic E-state index is 0.128. The fraction of sp³-hybridized carbons (Fsp3) is 0.200. The van der Waals surface area contributed by atoms with Crippen LogP contribution in [0.25, 0.3) is 21.3 Å². The minimum Gasteiger partial charge on any atom is -0.368 e. The van der Waals surface area contributed by atoms with Crippen molar-refractivity contribution < 1.29 is 9.59 Å². The van der Waals surface area contributed by atoms with E-state index in [1.54, 1.807) is 16.2 Å². The molecule has 0 unspecified atom stereocenters. The number of thiophene rings is 1. The average molecular weight is 475 g/mol. The van der Waals surface area contributed by atoms with E-state index in [2.05, 4.69) is 46.5 Å². The molecule has 2 aromatic heterocycles. The maximum atomic E-state index is 13.2. The van der Waals surface area contributed by atoms with Gasteiger partial charge in [0.1, 0.15) is 22.2 Å². The van der Waals surface area contributed by atoms with Crippen LogP contribution < -0.4 is 5.73 Å². The number of fused-ring (bicyclic) bond motifs is 2. The maximum absolute atomic E-state index is 13.2. The van der Waals surface area contributed by atoms with Gasteiger partial charge in [0.15, 0.2) is 0 Å². The van der Waals surface area contributed by atoms with Crippen molar-refractivity contribution in [3.63, 3.8) is 0 Å². The zero-order chi connectivity index (χ0) is 22.9. The second-order valence-electron chi connectivity index (χ2n) is 8.08. The number of hydrogen-bond donors (Lipinski definition) is 1. The summed E-state index contributed by atoms with van der Waals surface area (Å²) >= 11 is 2.94. The van der Waals surface area contributed by atoms with Crippen molar-refractivity contribution in [1.82, 2.24) is 14.9 Å². The van der Waals surface area contributed by atoms with Gasteiger partial charge in [0.05, 0.1) is 11.1 Å². The van der Waals surface area contributed by atoms with Gasteiger partial charge in [-0.05, 0) is 23.6 Å². The van der Waals surface area contributed by atoms with E-state index in [0.29, 0.717) is 13.0 Å². The van der Waals surface area contributed by atoms with Crippen LogP contribution in [-0.4, -0.2) is 38.5 Å². The molecule has 5 rings (SSSR count). The number of aryl methyl sites for hydroxylation is 1. The molecule has 8 heteroatoms. The molecule has 166 valence electrons. The molecule has 33 heavy (non-hydrogen) atoms. The first-order valence-corrected chi connectivity index (χ1v) is 12.5. The number of primary amides is 1. The fourth-order valence-corrected chi connectivity index (χ4v) is 6.03. The summed E-state index contributed by atoms with van der Waals surface area (Å²) < 4.78 is 0. The van der Waals surface area contributed by atoms with Crippen molar-refractivity contribution in [3.05, 3.63) is 76.9 Å². The second kappa shape index (κ2) is 8.96. The molecule has 0 saturated heterocycles. The molecule has 0 aliphatic carbocycles. The van der Waals surface area contributed by atoms with Crippen LogP contribution in [0.2, 0.25) is 0 Å². The van der Waals surface area contributed by atoms with Crippen molar-refractivity contribution in [1.29, 1.82) is 0 Å². The molecule has 1 aliphatic heterocycles. The smallest absolute Gasteiger partial charge is 0.240 e. The highest BCUT2D eigenvalue weighted by atomic mass is 32.2. The van der Waals surface area contributed by atoms with Crippen LogP contribution in [0.3, 0.4) is 0 Å². The summed E-state index contributed by atoms with van der Waals surface area (Å²) in [5, 5.41) is 3.80. The van der Waals surface area contributed by atoms with E-state index < -0.39 is 11.9 Å². The molecule has 2 amide bonds. The lowest BCUT2D eigenvalue weighted by Crippen LogP contribution is -2.51. The third kappa shape index (κ3) is 4.24. The lowest BCUT2D eigenvalue weighted by Gasteiger charge is -2.35. The van der Waals surface area contributed by atoms with Crippen molar-refractivity contribution in [2.24, 2.45) is 5.73 Å². The van der Waals surface area contributed by atoms with Crippen LogP contribution in [0, 0.1) is 6.92 Å². The summed E-state index contributed by atoms with van der Waals surface area (Å²) in [5.74, 6) is -0.440. The molecule has 3 heterocycles. The highest BCUT2D eigenvalue weighted by Gasteiger charge is 2.33. The van der Waals surface area contributed by atoms with Gasteiger partial charge in [-0.25, -0.2) is 9.97 Å². The fourth-order valence-electron chi connectivity index (χ4n) is 4.15. The summed E-state index contributed by atoms with van der Waals surface area (Å²) in [7, 11) is 0. The Kier molecular flexibility index (Phi) is 5.86. The van der Waals surface area contributed by atoms with Gasteiger partial charge in [0, 0.05) is 23.9 Å². The molecule has 2 aromatic carbocycles. The van der Waals surface area contributed by atoms with Crippen LogP contribution in [0.1, 0.15) is 16.7 Å². The summed E-state index contributed by atoms with van der Waals surface area (Å²) in [6, 6.07) is 15.6. The Morgan fingerprint density at radius 1 is 1.12 bits per heavy atom. The standard InChI is InChI=1S/C25H22N4O2S2/c1-15-6-8-16(9-7-15)19-12-32-24-22(19)25(28-14-27-24)33-13-21(30)29-11-18-5-3-2-4-17(18)10-20(29)23(26)31/h2-9,12,14,20H,10-11,13H2,1H3,(H2,26,31)/t20-/m1/s1. The molecule has 0 saturated carbocycles. The Labute approximate surface area is 199 Å². The second-order valence-corrected chi connectivity index (χ2v) is 9.90. The van der Waals surface area contributed by atoms with Crippen molar-refractivity contribution in [3.8, 4) is 11.1 Å². The lowest BCUT2D eigenvalue weighted by atomic mass is 9.93. The van der Waals surface area contributed by atoms with Crippen molar-refractivity contribution in [2.45, 2.75) is 31.0 Å². The predicted octanol–water partition coefficient (Wildman–Crippen LogP) is 4.20. The number of rotatable bonds is 5. The summed E-state index contributed by atoms with van der Waals surface area (Å²) in [4.78, 5) is 36.7. The van der Waals surface area contributed by atoms with Crippen LogP contribution in [0.4, 0.5) is 0 Å². The number of nitrogens with two attached hydrogens (primary N) is 1. The molecule has 6 nitrogen and oxygen atoms in total. The zero-order valence-electron chi connectivity index (χ0n) is 18.0. The van der Waals surface area contributed by atoms with Crippen LogP contribution in [-0.2, 0) is 22.6 Å². The first-order chi connectivity index (χ1) is 16.0. The van der Waals surface area contributed by atoms with E-state index in [9.17, 15) is 9.59 Å². The quantitative estimate of drug-likeness (QED) is 0.346. The first-order valence-electron chi connectivity index (χ1n) is 10.6. The predicted molar refractivity (Wildman–Crippen MR) is 132 cm³/mol. The van der Waals surface area contributed by atoms with E-state index in [1.807, 2.05) is 24.3 Å². The Balaban J connectivity index is 1.40.